The lowest BCUT2D eigenvalue weighted by atomic mass is 9.85. The van der Waals surface area contributed by atoms with Gasteiger partial charge in [0.1, 0.15) is 5.75 Å². The van der Waals surface area contributed by atoms with Gasteiger partial charge in [0.2, 0.25) is 0 Å². The van der Waals surface area contributed by atoms with Crippen molar-refractivity contribution in [3.05, 3.63) is 77.4 Å². The van der Waals surface area contributed by atoms with Gasteiger partial charge in [-0.15, -0.1) is 0 Å². The van der Waals surface area contributed by atoms with Crippen LogP contribution in [0.1, 0.15) is 22.7 Å². The van der Waals surface area contributed by atoms with Crippen LogP contribution in [-0.2, 0) is 6.42 Å². The molecule has 1 unspecified atom stereocenters. The first-order valence-corrected chi connectivity index (χ1v) is 7.91. The molecule has 0 aromatic heterocycles. The lowest BCUT2D eigenvalue weighted by Crippen LogP contribution is -2.45. The number of amides is 1. The number of hydrogen-bond donors (Lipinski definition) is 0. The monoisotopic (exact) mass is 301 g/mol. The standard InChI is InChI=1S/C20H15NO2/c22-20-21-12-11-14-6-2-4-8-16(14)19(21)18-15-7-3-1-5-13(15)9-10-17(18)23-20/h1-10,19H,11-12H2. The molecule has 0 bridgehead atoms. The van der Waals surface area contributed by atoms with Crippen molar-refractivity contribution in [3.63, 3.8) is 0 Å². The summed E-state index contributed by atoms with van der Waals surface area (Å²) in [5.41, 5.74) is 3.64. The highest BCUT2D eigenvalue weighted by Crippen LogP contribution is 2.45. The SMILES string of the molecule is O=C1Oc2ccc3ccccc3c2C2c3ccccc3CCN12. The number of fused-ring (bicyclic) bond motifs is 7. The summed E-state index contributed by atoms with van der Waals surface area (Å²) in [6.07, 6.45) is 0.634. The van der Waals surface area contributed by atoms with Crippen molar-refractivity contribution in [3.8, 4) is 5.75 Å². The third-order valence-corrected chi connectivity index (χ3v) is 4.92. The van der Waals surface area contributed by atoms with Crippen LogP contribution in [-0.4, -0.2) is 17.5 Å². The molecule has 5 rings (SSSR count). The Morgan fingerprint density at radius 1 is 0.957 bits per heavy atom. The van der Waals surface area contributed by atoms with Crippen LogP contribution in [0.3, 0.4) is 0 Å². The second kappa shape index (κ2) is 4.59. The van der Waals surface area contributed by atoms with Gasteiger partial charge >= 0.3 is 6.09 Å². The minimum atomic E-state index is -0.243. The van der Waals surface area contributed by atoms with Crippen molar-refractivity contribution in [2.75, 3.05) is 6.54 Å². The number of rotatable bonds is 0. The second-order valence-electron chi connectivity index (χ2n) is 6.11. The molecule has 1 atom stereocenters. The van der Waals surface area contributed by atoms with Crippen molar-refractivity contribution in [2.45, 2.75) is 12.5 Å². The first-order chi connectivity index (χ1) is 11.3. The average Bonchev–Trinajstić information content (AvgIpc) is 2.61. The summed E-state index contributed by atoms with van der Waals surface area (Å²) < 4.78 is 5.61. The van der Waals surface area contributed by atoms with Gasteiger partial charge in [-0.05, 0) is 34.4 Å². The first kappa shape index (κ1) is 12.7. The fourth-order valence-electron chi connectivity index (χ4n) is 3.87. The van der Waals surface area contributed by atoms with Crippen LogP contribution in [0.2, 0.25) is 0 Å². The molecule has 2 aliphatic heterocycles. The first-order valence-electron chi connectivity index (χ1n) is 7.91. The Labute approximate surface area is 134 Å². The van der Waals surface area contributed by atoms with Crippen molar-refractivity contribution in [1.29, 1.82) is 0 Å². The van der Waals surface area contributed by atoms with E-state index in [1.165, 1.54) is 16.5 Å². The average molecular weight is 301 g/mol. The van der Waals surface area contributed by atoms with Gasteiger partial charge in [-0.3, -0.25) is 4.90 Å². The van der Waals surface area contributed by atoms with E-state index in [2.05, 4.69) is 30.3 Å². The molecule has 3 aromatic rings. The minimum Gasteiger partial charge on any atom is -0.410 e. The maximum atomic E-state index is 12.4. The summed E-state index contributed by atoms with van der Waals surface area (Å²) in [6.45, 7) is 0.698. The summed E-state index contributed by atoms with van der Waals surface area (Å²) in [7, 11) is 0. The third kappa shape index (κ3) is 1.73. The fraction of sp³-hybridized carbons (Fsp3) is 0.150. The van der Waals surface area contributed by atoms with Gasteiger partial charge in [-0.25, -0.2) is 4.79 Å². The van der Waals surface area contributed by atoms with Gasteiger partial charge in [0.25, 0.3) is 0 Å². The second-order valence-corrected chi connectivity index (χ2v) is 6.11. The molecule has 0 N–H and O–H groups in total. The van der Waals surface area contributed by atoms with Crippen LogP contribution in [0.15, 0.2) is 60.7 Å². The lowest BCUT2D eigenvalue weighted by molar-refractivity contribution is 0.123. The normalized spacial score (nSPS) is 18.9. The van der Waals surface area contributed by atoms with E-state index in [-0.39, 0.29) is 12.1 Å². The molecule has 0 saturated heterocycles. The number of carbonyl (C=O) groups is 1. The molecular weight excluding hydrogens is 286 g/mol. The molecule has 23 heavy (non-hydrogen) atoms. The Balaban J connectivity index is 1.86. The molecule has 0 fully saturated rings. The quantitative estimate of drug-likeness (QED) is 0.619. The Morgan fingerprint density at radius 3 is 2.74 bits per heavy atom. The van der Waals surface area contributed by atoms with Crippen LogP contribution in [0.25, 0.3) is 10.8 Å². The summed E-state index contributed by atoms with van der Waals surface area (Å²) in [5.74, 6) is 0.687. The van der Waals surface area contributed by atoms with Crippen molar-refractivity contribution >= 4 is 16.9 Å². The molecule has 0 spiro atoms. The minimum absolute atomic E-state index is 0.0534. The van der Waals surface area contributed by atoms with Crippen LogP contribution >= 0.6 is 0 Å². The molecule has 2 heterocycles. The van der Waals surface area contributed by atoms with E-state index in [4.69, 9.17) is 4.74 Å². The van der Waals surface area contributed by atoms with Crippen LogP contribution in [0.5, 0.6) is 5.75 Å². The maximum absolute atomic E-state index is 12.4. The predicted octanol–water partition coefficient (Wildman–Crippen LogP) is 4.30. The molecule has 2 aliphatic rings. The number of ether oxygens (including phenoxy) is 1. The zero-order valence-electron chi connectivity index (χ0n) is 12.5. The van der Waals surface area contributed by atoms with Crippen LogP contribution < -0.4 is 4.74 Å². The van der Waals surface area contributed by atoms with Gasteiger partial charge in [0.15, 0.2) is 0 Å². The van der Waals surface area contributed by atoms with Crippen LogP contribution in [0, 0.1) is 0 Å². The van der Waals surface area contributed by atoms with Gasteiger partial charge in [0.05, 0.1) is 6.04 Å². The smallest absolute Gasteiger partial charge is 0.410 e. The van der Waals surface area contributed by atoms with E-state index in [0.717, 1.165) is 17.4 Å². The maximum Gasteiger partial charge on any atom is 0.416 e. The van der Waals surface area contributed by atoms with Gasteiger partial charge in [-0.2, -0.15) is 0 Å². The Morgan fingerprint density at radius 2 is 1.78 bits per heavy atom. The third-order valence-electron chi connectivity index (χ3n) is 4.92. The lowest BCUT2D eigenvalue weighted by Gasteiger charge is -2.41. The van der Waals surface area contributed by atoms with E-state index in [1.54, 1.807) is 0 Å². The highest BCUT2D eigenvalue weighted by atomic mass is 16.6. The molecular formula is C20H15NO2. The van der Waals surface area contributed by atoms with Crippen molar-refractivity contribution < 1.29 is 9.53 Å². The fourth-order valence-corrected chi connectivity index (χ4v) is 3.87. The molecule has 3 heteroatoms. The zero-order valence-corrected chi connectivity index (χ0v) is 12.5. The zero-order chi connectivity index (χ0) is 15.4. The van der Waals surface area contributed by atoms with E-state index in [9.17, 15) is 4.79 Å². The molecule has 112 valence electrons. The Bertz CT molecular complexity index is 947. The van der Waals surface area contributed by atoms with E-state index < -0.39 is 0 Å². The molecule has 1 amide bonds. The summed E-state index contributed by atoms with van der Waals surface area (Å²) >= 11 is 0. The number of nitrogens with zero attached hydrogens (tertiary/aromatic N) is 1. The molecule has 0 saturated carbocycles. The van der Waals surface area contributed by atoms with Crippen LogP contribution in [0.4, 0.5) is 4.79 Å². The predicted molar refractivity (Wildman–Crippen MR) is 88.7 cm³/mol. The van der Waals surface area contributed by atoms with E-state index in [1.807, 2.05) is 35.2 Å². The molecule has 0 radical (unpaired) electrons. The summed E-state index contributed by atoms with van der Waals surface area (Å²) in [5, 5.41) is 2.33. The largest absolute Gasteiger partial charge is 0.416 e. The number of benzene rings is 3. The summed E-state index contributed by atoms with van der Waals surface area (Å²) in [4.78, 5) is 14.3. The number of carbonyl (C=O) groups excluding carboxylic acids is 1. The van der Waals surface area contributed by atoms with E-state index in [0.29, 0.717) is 12.3 Å². The highest BCUT2D eigenvalue weighted by Gasteiger charge is 2.39. The van der Waals surface area contributed by atoms with Gasteiger partial charge in [0, 0.05) is 12.1 Å². The van der Waals surface area contributed by atoms with Crippen molar-refractivity contribution in [1.82, 2.24) is 4.90 Å². The topological polar surface area (TPSA) is 29.5 Å². The van der Waals surface area contributed by atoms with Gasteiger partial charge < -0.3 is 4.74 Å². The Hall–Kier alpha value is -2.81. The number of hydrogen-bond acceptors (Lipinski definition) is 2. The molecule has 3 nitrogen and oxygen atoms in total. The molecule has 0 aliphatic carbocycles. The van der Waals surface area contributed by atoms with Crippen molar-refractivity contribution in [2.24, 2.45) is 0 Å². The van der Waals surface area contributed by atoms with E-state index >= 15 is 0 Å². The highest BCUT2D eigenvalue weighted by molar-refractivity contribution is 5.91. The Kier molecular flexibility index (Phi) is 2.54. The van der Waals surface area contributed by atoms with Gasteiger partial charge in [-0.1, -0.05) is 54.6 Å². The summed E-state index contributed by atoms with van der Waals surface area (Å²) in [6, 6.07) is 20.6. The molecule has 3 aromatic carbocycles.